The van der Waals surface area contributed by atoms with Crippen LogP contribution >= 0.6 is 0 Å². The minimum atomic E-state index is -0.320. The maximum Gasteiger partial charge on any atom is 0.227 e. The molecule has 1 aromatic heterocycles. The van der Waals surface area contributed by atoms with Gasteiger partial charge in [-0.3, -0.25) is 4.79 Å². The van der Waals surface area contributed by atoms with Gasteiger partial charge in [0.05, 0.1) is 6.42 Å². The molecule has 1 atom stereocenters. The molecule has 2 aromatic carbocycles. The van der Waals surface area contributed by atoms with Gasteiger partial charge in [-0.05, 0) is 55.3 Å². The molecule has 166 valence electrons. The van der Waals surface area contributed by atoms with Gasteiger partial charge in [-0.2, -0.15) is 0 Å². The average molecular weight is 438 g/mol. The minimum Gasteiger partial charge on any atom is -0.439 e. The smallest absolute Gasteiger partial charge is 0.227 e. The van der Waals surface area contributed by atoms with Crippen LogP contribution in [0.5, 0.6) is 11.6 Å². The van der Waals surface area contributed by atoms with Crippen LogP contribution in [0.25, 0.3) is 0 Å². The average Bonchev–Trinajstić information content (AvgIpc) is 2.77. The van der Waals surface area contributed by atoms with Crippen LogP contribution in [0.1, 0.15) is 18.1 Å². The normalized spacial score (nSPS) is 16.2. The molecule has 32 heavy (non-hydrogen) atoms. The van der Waals surface area contributed by atoms with E-state index in [2.05, 4.69) is 14.9 Å². The fraction of sp³-hybridized carbons (Fsp3) is 0.292. The summed E-state index contributed by atoms with van der Waals surface area (Å²) in [7, 11) is 0. The topological polar surface area (TPSA) is 58.6 Å². The molecule has 6 nitrogen and oxygen atoms in total. The van der Waals surface area contributed by atoms with Crippen LogP contribution in [0.15, 0.2) is 54.9 Å². The fourth-order valence-electron chi connectivity index (χ4n) is 3.81. The van der Waals surface area contributed by atoms with Crippen LogP contribution in [0.2, 0.25) is 0 Å². The van der Waals surface area contributed by atoms with E-state index in [1.807, 2.05) is 11.8 Å². The summed E-state index contributed by atoms with van der Waals surface area (Å²) in [6.45, 7) is 5.55. The highest BCUT2D eigenvalue weighted by atomic mass is 19.1. The molecule has 0 unspecified atom stereocenters. The van der Waals surface area contributed by atoms with E-state index in [9.17, 15) is 13.6 Å². The number of benzene rings is 2. The lowest BCUT2D eigenvalue weighted by Gasteiger charge is -2.40. The van der Waals surface area contributed by atoms with E-state index in [0.717, 1.165) is 5.56 Å². The third kappa shape index (κ3) is 5.01. The molecule has 4 rings (SSSR count). The first kappa shape index (κ1) is 21.7. The number of carbonyl (C=O) groups is 1. The number of halogens is 2. The van der Waals surface area contributed by atoms with E-state index in [4.69, 9.17) is 4.74 Å². The second-order valence-corrected chi connectivity index (χ2v) is 7.91. The van der Waals surface area contributed by atoms with E-state index >= 15 is 0 Å². The van der Waals surface area contributed by atoms with Gasteiger partial charge in [0, 0.05) is 31.7 Å². The summed E-state index contributed by atoms with van der Waals surface area (Å²) in [6, 6.07) is 12.0. The monoisotopic (exact) mass is 438 g/mol. The molecule has 1 amide bonds. The zero-order valence-corrected chi connectivity index (χ0v) is 18.0. The largest absolute Gasteiger partial charge is 0.439 e. The second kappa shape index (κ2) is 9.30. The highest BCUT2D eigenvalue weighted by molar-refractivity contribution is 5.79. The van der Waals surface area contributed by atoms with Gasteiger partial charge in [-0.25, -0.2) is 18.7 Å². The molecule has 2 heterocycles. The van der Waals surface area contributed by atoms with Gasteiger partial charge in [-0.1, -0.05) is 12.1 Å². The highest BCUT2D eigenvalue weighted by Gasteiger charge is 2.28. The van der Waals surface area contributed by atoms with Crippen molar-refractivity contribution in [1.29, 1.82) is 0 Å². The predicted octanol–water partition coefficient (Wildman–Crippen LogP) is 4.14. The van der Waals surface area contributed by atoms with Crippen molar-refractivity contribution < 1.29 is 18.3 Å². The van der Waals surface area contributed by atoms with Crippen molar-refractivity contribution in [3.8, 4) is 11.6 Å². The third-order valence-corrected chi connectivity index (χ3v) is 5.52. The summed E-state index contributed by atoms with van der Waals surface area (Å²) < 4.78 is 32.2. The van der Waals surface area contributed by atoms with E-state index in [1.54, 1.807) is 31.2 Å². The number of aromatic nitrogens is 2. The summed E-state index contributed by atoms with van der Waals surface area (Å²) in [4.78, 5) is 25.2. The second-order valence-electron chi connectivity index (χ2n) is 7.91. The molecular formula is C24H24F2N4O2. The summed E-state index contributed by atoms with van der Waals surface area (Å²) in [5.41, 5.74) is 1.46. The van der Waals surface area contributed by atoms with E-state index in [0.29, 0.717) is 42.6 Å². The number of aryl methyl sites for hydroxylation is 1. The Labute approximate surface area is 185 Å². The van der Waals surface area contributed by atoms with Gasteiger partial charge < -0.3 is 14.5 Å². The molecule has 1 aliphatic heterocycles. The maximum atomic E-state index is 13.3. The molecule has 3 aromatic rings. The molecule has 1 fully saturated rings. The van der Waals surface area contributed by atoms with Gasteiger partial charge >= 0.3 is 0 Å². The SMILES string of the molecule is Cc1cc(F)ccc1Oc1cc(N2CCN(C(=O)Cc3ccc(F)cc3)[C@H](C)C2)ncn1. The van der Waals surface area contributed by atoms with Crippen LogP contribution in [-0.2, 0) is 11.2 Å². The molecule has 0 N–H and O–H groups in total. The van der Waals surface area contributed by atoms with Gasteiger partial charge in [0.1, 0.15) is 29.5 Å². The third-order valence-electron chi connectivity index (χ3n) is 5.52. The van der Waals surface area contributed by atoms with Crippen LogP contribution < -0.4 is 9.64 Å². The predicted molar refractivity (Wildman–Crippen MR) is 117 cm³/mol. The van der Waals surface area contributed by atoms with E-state index in [1.165, 1.54) is 30.6 Å². The zero-order chi connectivity index (χ0) is 22.7. The van der Waals surface area contributed by atoms with Gasteiger partial charge in [-0.15, -0.1) is 0 Å². The van der Waals surface area contributed by atoms with Gasteiger partial charge in [0.15, 0.2) is 0 Å². The Balaban J connectivity index is 1.40. The van der Waals surface area contributed by atoms with E-state index < -0.39 is 0 Å². The van der Waals surface area contributed by atoms with Crippen molar-refractivity contribution in [2.75, 3.05) is 24.5 Å². The molecule has 0 bridgehead atoms. The lowest BCUT2D eigenvalue weighted by atomic mass is 10.1. The Hall–Kier alpha value is -3.55. The Kier molecular flexibility index (Phi) is 6.30. The minimum absolute atomic E-state index is 0.0160. The van der Waals surface area contributed by atoms with Crippen molar-refractivity contribution in [1.82, 2.24) is 14.9 Å². The number of piperazine rings is 1. The van der Waals surface area contributed by atoms with Crippen LogP contribution in [0.4, 0.5) is 14.6 Å². The standard InChI is InChI=1S/C24H24F2N4O2/c1-16-11-20(26)7-8-21(16)32-23-13-22(27-15-28-23)29-9-10-30(17(2)14-29)24(31)12-18-3-5-19(25)6-4-18/h3-8,11,13,15,17H,9-10,12,14H2,1-2H3/t17-/m1/s1. The first-order chi connectivity index (χ1) is 15.4. The number of hydrogen-bond acceptors (Lipinski definition) is 5. The summed E-state index contributed by atoms with van der Waals surface area (Å²) in [5.74, 6) is 0.979. The Bertz CT molecular complexity index is 1110. The molecule has 1 saturated heterocycles. The van der Waals surface area contributed by atoms with Crippen LogP contribution in [0.3, 0.4) is 0 Å². The summed E-state index contributed by atoms with van der Waals surface area (Å²) >= 11 is 0. The van der Waals surface area contributed by atoms with Crippen molar-refractivity contribution in [3.05, 3.63) is 77.6 Å². The lowest BCUT2D eigenvalue weighted by molar-refractivity contribution is -0.132. The fourth-order valence-corrected chi connectivity index (χ4v) is 3.81. The molecular weight excluding hydrogens is 414 g/mol. The lowest BCUT2D eigenvalue weighted by Crippen LogP contribution is -2.54. The first-order valence-corrected chi connectivity index (χ1v) is 10.4. The maximum absolute atomic E-state index is 13.3. The number of rotatable bonds is 5. The van der Waals surface area contributed by atoms with Crippen molar-refractivity contribution in [2.24, 2.45) is 0 Å². The van der Waals surface area contributed by atoms with Crippen LogP contribution in [0, 0.1) is 18.6 Å². The summed E-state index contributed by atoms with van der Waals surface area (Å²) in [5, 5.41) is 0. The number of ether oxygens (including phenoxy) is 1. The first-order valence-electron chi connectivity index (χ1n) is 10.4. The number of anilines is 1. The molecule has 0 aliphatic carbocycles. The highest BCUT2D eigenvalue weighted by Crippen LogP contribution is 2.27. The molecule has 0 spiro atoms. The van der Waals surface area contributed by atoms with Gasteiger partial charge in [0.2, 0.25) is 11.8 Å². The number of nitrogens with zero attached hydrogens (tertiary/aromatic N) is 4. The quantitative estimate of drug-likeness (QED) is 0.599. The Morgan fingerprint density at radius 1 is 1.06 bits per heavy atom. The van der Waals surface area contributed by atoms with Crippen LogP contribution in [-0.4, -0.2) is 46.5 Å². The molecule has 0 saturated carbocycles. The number of carbonyl (C=O) groups excluding carboxylic acids is 1. The summed E-state index contributed by atoms with van der Waals surface area (Å²) in [6.07, 6.45) is 1.67. The molecule has 1 aliphatic rings. The van der Waals surface area contributed by atoms with Crippen molar-refractivity contribution in [2.45, 2.75) is 26.3 Å². The van der Waals surface area contributed by atoms with Crippen molar-refractivity contribution >= 4 is 11.7 Å². The Morgan fingerprint density at radius 3 is 2.53 bits per heavy atom. The zero-order valence-electron chi connectivity index (χ0n) is 18.0. The van der Waals surface area contributed by atoms with Gasteiger partial charge in [0.25, 0.3) is 0 Å². The van der Waals surface area contributed by atoms with E-state index in [-0.39, 0.29) is 30.0 Å². The Morgan fingerprint density at radius 2 is 1.81 bits per heavy atom. The molecule has 8 heteroatoms. The number of hydrogen-bond donors (Lipinski definition) is 0. The molecule has 0 radical (unpaired) electrons. The van der Waals surface area contributed by atoms with Crippen molar-refractivity contribution in [3.63, 3.8) is 0 Å². The number of amides is 1.